The molecule has 2 N–H and O–H groups in total. The Morgan fingerprint density at radius 1 is 1.32 bits per heavy atom. The van der Waals surface area contributed by atoms with E-state index >= 15 is 0 Å². The van der Waals surface area contributed by atoms with E-state index in [2.05, 4.69) is 10.0 Å². The first-order valence-corrected chi connectivity index (χ1v) is 8.64. The maximum absolute atomic E-state index is 11.9. The van der Waals surface area contributed by atoms with Crippen LogP contribution in [0.3, 0.4) is 0 Å². The van der Waals surface area contributed by atoms with E-state index in [0.717, 1.165) is 6.42 Å². The Morgan fingerprint density at radius 3 is 2.55 bits per heavy atom. The van der Waals surface area contributed by atoms with Crippen LogP contribution in [0.2, 0.25) is 0 Å². The van der Waals surface area contributed by atoms with Crippen LogP contribution in [0.25, 0.3) is 0 Å². The van der Waals surface area contributed by atoms with Gasteiger partial charge < -0.3 is 10.1 Å². The fourth-order valence-electron chi connectivity index (χ4n) is 1.72. The summed E-state index contributed by atoms with van der Waals surface area (Å²) in [4.78, 5) is 11.9. The molecule has 1 rings (SSSR count). The molecule has 0 aliphatic heterocycles. The predicted molar refractivity (Wildman–Crippen MR) is 88.8 cm³/mol. The summed E-state index contributed by atoms with van der Waals surface area (Å²) in [6.07, 6.45) is 2.61. The first kappa shape index (κ1) is 18.0. The maximum Gasteiger partial charge on any atom is 0.250 e. The third-order valence-electron chi connectivity index (χ3n) is 2.97. The van der Waals surface area contributed by atoms with E-state index in [0.29, 0.717) is 22.7 Å². The average molecular weight is 326 g/mol. The Balaban J connectivity index is 2.98. The van der Waals surface area contributed by atoms with Crippen molar-refractivity contribution in [3.63, 3.8) is 0 Å². The SMILES string of the molecule is CC/C=C(\C)C(=O)Nc1ccc(NS(=O)(=O)CC)c(OC)c1. The van der Waals surface area contributed by atoms with Gasteiger partial charge >= 0.3 is 0 Å². The number of rotatable bonds is 7. The smallest absolute Gasteiger partial charge is 0.250 e. The highest BCUT2D eigenvalue weighted by atomic mass is 32.2. The Bertz CT molecular complexity index is 666. The minimum absolute atomic E-state index is 0.0321. The third-order valence-corrected chi connectivity index (χ3v) is 4.26. The summed E-state index contributed by atoms with van der Waals surface area (Å²) < 4.78 is 30.8. The summed E-state index contributed by atoms with van der Waals surface area (Å²) >= 11 is 0. The van der Waals surface area contributed by atoms with Gasteiger partial charge in [-0.3, -0.25) is 9.52 Å². The molecule has 22 heavy (non-hydrogen) atoms. The van der Waals surface area contributed by atoms with Gasteiger partial charge in [0, 0.05) is 17.3 Å². The molecule has 0 radical (unpaired) electrons. The fraction of sp³-hybridized carbons (Fsp3) is 0.400. The summed E-state index contributed by atoms with van der Waals surface area (Å²) in [5.74, 6) is 0.105. The van der Waals surface area contributed by atoms with Crippen LogP contribution in [0.15, 0.2) is 29.8 Å². The van der Waals surface area contributed by atoms with Crippen molar-refractivity contribution >= 4 is 27.3 Å². The summed E-state index contributed by atoms with van der Waals surface area (Å²) in [6, 6.07) is 4.75. The molecule has 7 heteroatoms. The molecule has 0 spiro atoms. The molecule has 0 bridgehead atoms. The Morgan fingerprint density at radius 2 is 2.00 bits per heavy atom. The number of carbonyl (C=O) groups is 1. The van der Waals surface area contributed by atoms with Gasteiger partial charge in [0.05, 0.1) is 18.6 Å². The molecule has 0 fully saturated rings. The molecule has 1 amide bonds. The normalized spacial score (nSPS) is 11.9. The van der Waals surface area contributed by atoms with Crippen LogP contribution in [0.1, 0.15) is 27.2 Å². The summed E-state index contributed by atoms with van der Waals surface area (Å²) in [7, 11) is -1.95. The quantitative estimate of drug-likeness (QED) is 0.755. The van der Waals surface area contributed by atoms with Gasteiger partial charge in [-0.25, -0.2) is 8.42 Å². The molecule has 1 aromatic rings. The number of amides is 1. The zero-order valence-corrected chi connectivity index (χ0v) is 14.1. The number of carbonyl (C=O) groups excluding carboxylic acids is 1. The van der Waals surface area contributed by atoms with Gasteiger partial charge in [-0.2, -0.15) is 0 Å². The van der Waals surface area contributed by atoms with Crippen molar-refractivity contribution in [1.29, 1.82) is 0 Å². The van der Waals surface area contributed by atoms with Crippen LogP contribution in [0.4, 0.5) is 11.4 Å². The van der Waals surface area contributed by atoms with Gasteiger partial charge in [0.1, 0.15) is 5.75 Å². The van der Waals surface area contributed by atoms with Gasteiger partial charge in [-0.05, 0) is 32.4 Å². The van der Waals surface area contributed by atoms with Gasteiger partial charge in [0.25, 0.3) is 5.91 Å². The van der Waals surface area contributed by atoms with Crippen molar-refractivity contribution in [3.8, 4) is 5.75 Å². The van der Waals surface area contributed by atoms with Crippen molar-refractivity contribution in [3.05, 3.63) is 29.8 Å². The van der Waals surface area contributed by atoms with Gasteiger partial charge in [-0.1, -0.05) is 13.0 Å². The van der Waals surface area contributed by atoms with Crippen LogP contribution < -0.4 is 14.8 Å². The minimum Gasteiger partial charge on any atom is -0.494 e. The van der Waals surface area contributed by atoms with Crippen molar-refractivity contribution < 1.29 is 17.9 Å². The lowest BCUT2D eigenvalue weighted by molar-refractivity contribution is -0.112. The second kappa shape index (κ2) is 7.84. The van der Waals surface area contributed by atoms with Crippen LogP contribution in [-0.2, 0) is 14.8 Å². The number of benzene rings is 1. The highest BCUT2D eigenvalue weighted by Crippen LogP contribution is 2.29. The monoisotopic (exact) mass is 326 g/mol. The van der Waals surface area contributed by atoms with E-state index in [1.807, 2.05) is 13.0 Å². The number of ether oxygens (including phenoxy) is 1. The average Bonchev–Trinajstić information content (AvgIpc) is 2.48. The molecule has 0 atom stereocenters. The molecule has 0 aromatic heterocycles. The zero-order chi connectivity index (χ0) is 16.8. The molecule has 0 aliphatic rings. The lowest BCUT2D eigenvalue weighted by Crippen LogP contribution is -2.16. The van der Waals surface area contributed by atoms with Crippen molar-refractivity contribution in [2.24, 2.45) is 0 Å². The van der Waals surface area contributed by atoms with Crippen LogP contribution in [0, 0.1) is 0 Å². The minimum atomic E-state index is -3.39. The van der Waals surface area contributed by atoms with E-state index < -0.39 is 10.0 Å². The van der Waals surface area contributed by atoms with Crippen LogP contribution >= 0.6 is 0 Å². The first-order valence-electron chi connectivity index (χ1n) is 6.99. The molecule has 122 valence electrons. The molecular weight excluding hydrogens is 304 g/mol. The number of allylic oxidation sites excluding steroid dienone is 1. The molecule has 0 aliphatic carbocycles. The highest BCUT2D eigenvalue weighted by Gasteiger charge is 2.13. The summed E-state index contributed by atoms with van der Waals surface area (Å²) in [5.41, 5.74) is 1.49. The molecule has 0 saturated carbocycles. The van der Waals surface area contributed by atoms with E-state index in [9.17, 15) is 13.2 Å². The Kier molecular flexibility index (Phi) is 6.42. The Labute approximate surface area is 131 Å². The number of hydrogen-bond acceptors (Lipinski definition) is 4. The maximum atomic E-state index is 11.9. The second-order valence-electron chi connectivity index (χ2n) is 4.67. The molecule has 0 unspecified atom stereocenters. The van der Waals surface area contributed by atoms with Gasteiger partial charge in [0.2, 0.25) is 10.0 Å². The zero-order valence-electron chi connectivity index (χ0n) is 13.3. The molecular formula is C15H22N2O4S. The number of nitrogens with one attached hydrogen (secondary N) is 2. The fourth-order valence-corrected chi connectivity index (χ4v) is 2.37. The number of methoxy groups -OCH3 is 1. The standard InChI is InChI=1S/C15H22N2O4S/c1-5-7-11(3)15(18)16-12-8-9-13(14(10-12)21-4)17-22(19,20)6-2/h7-10,17H,5-6H2,1-4H3,(H,16,18)/b11-7+. The van der Waals surface area contributed by atoms with E-state index in [1.54, 1.807) is 32.0 Å². The lowest BCUT2D eigenvalue weighted by atomic mass is 10.2. The largest absolute Gasteiger partial charge is 0.494 e. The number of sulfonamides is 1. The van der Waals surface area contributed by atoms with Crippen molar-refractivity contribution in [1.82, 2.24) is 0 Å². The molecule has 1 aromatic carbocycles. The van der Waals surface area contributed by atoms with E-state index in [1.165, 1.54) is 7.11 Å². The highest BCUT2D eigenvalue weighted by molar-refractivity contribution is 7.92. The van der Waals surface area contributed by atoms with E-state index in [4.69, 9.17) is 4.74 Å². The van der Waals surface area contributed by atoms with Crippen LogP contribution in [0.5, 0.6) is 5.75 Å². The number of anilines is 2. The van der Waals surface area contributed by atoms with Crippen LogP contribution in [-0.4, -0.2) is 27.2 Å². The van der Waals surface area contributed by atoms with Crippen molar-refractivity contribution in [2.45, 2.75) is 27.2 Å². The topological polar surface area (TPSA) is 84.5 Å². The van der Waals surface area contributed by atoms with Crippen molar-refractivity contribution in [2.75, 3.05) is 22.9 Å². The van der Waals surface area contributed by atoms with E-state index in [-0.39, 0.29) is 11.7 Å². The van der Waals surface area contributed by atoms with Gasteiger partial charge in [-0.15, -0.1) is 0 Å². The molecule has 0 heterocycles. The predicted octanol–water partition coefficient (Wildman–Crippen LogP) is 2.75. The summed E-state index contributed by atoms with van der Waals surface area (Å²) in [5, 5.41) is 2.74. The number of hydrogen-bond donors (Lipinski definition) is 2. The Hall–Kier alpha value is -2.02. The molecule has 6 nitrogen and oxygen atoms in total. The lowest BCUT2D eigenvalue weighted by Gasteiger charge is -2.13. The second-order valence-corrected chi connectivity index (χ2v) is 6.68. The first-order chi connectivity index (χ1) is 10.3. The van der Waals surface area contributed by atoms with Gasteiger partial charge in [0.15, 0.2) is 0 Å². The third kappa shape index (κ3) is 5.07. The molecule has 0 saturated heterocycles. The summed E-state index contributed by atoms with van der Waals surface area (Å²) in [6.45, 7) is 5.24.